The molecule has 128 valence electrons. The predicted octanol–water partition coefficient (Wildman–Crippen LogP) is 4.91. The summed E-state index contributed by atoms with van der Waals surface area (Å²) in [5, 5.41) is 10.1. The van der Waals surface area contributed by atoms with Crippen molar-refractivity contribution in [1.29, 1.82) is 0 Å². The summed E-state index contributed by atoms with van der Waals surface area (Å²) in [6, 6.07) is 24.9. The molecule has 4 rings (SSSR count). The SMILES string of the molecule is O=C(O)c1ccc(-n2ccc3ccc(OCc4ccccc4)cc32)cc1. The Bertz CT molecular complexity index is 1050. The molecule has 0 aliphatic heterocycles. The Morgan fingerprint density at radius 2 is 1.69 bits per heavy atom. The molecule has 0 unspecified atom stereocenters. The summed E-state index contributed by atoms with van der Waals surface area (Å²) in [6.45, 7) is 0.514. The summed E-state index contributed by atoms with van der Waals surface area (Å²) in [5.41, 5.74) is 3.31. The first-order chi connectivity index (χ1) is 12.7. The van der Waals surface area contributed by atoms with Crippen molar-refractivity contribution < 1.29 is 14.6 Å². The molecule has 4 heteroatoms. The van der Waals surface area contributed by atoms with E-state index in [2.05, 4.69) is 0 Å². The molecule has 0 saturated heterocycles. The Morgan fingerprint density at radius 3 is 2.42 bits per heavy atom. The number of benzene rings is 3. The Hall–Kier alpha value is -3.53. The van der Waals surface area contributed by atoms with E-state index in [-0.39, 0.29) is 5.56 Å². The van der Waals surface area contributed by atoms with Crippen LogP contribution in [0.1, 0.15) is 15.9 Å². The van der Waals surface area contributed by atoms with E-state index in [4.69, 9.17) is 9.84 Å². The molecule has 0 aliphatic rings. The molecule has 0 atom stereocenters. The minimum Gasteiger partial charge on any atom is -0.489 e. The van der Waals surface area contributed by atoms with Crippen molar-refractivity contribution in [1.82, 2.24) is 4.57 Å². The van der Waals surface area contributed by atoms with Crippen molar-refractivity contribution >= 4 is 16.9 Å². The molecule has 1 N–H and O–H groups in total. The molecule has 3 aromatic carbocycles. The monoisotopic (exact) mass is 343 g/mol. The van der Waals surface area contributed by atoms with Crippen LogP contribution in [0.25, 0.3) is 16.6 Å². The van der Waals surface area contributed by atoms with Gasteiger partial charge in [0.25, 0.3) is 0 Å². The highest BCUT2D eigenvalue weighted by molar-refractivity contribution is 5.88. The largest absolute Gasteiger partial charge is 0.489 e. The molecule has 0 bridgehead atoms. The van der Waals surface area contributed by atoms with Gasteiger partial charge in [-0.15, -0.1) is 0 Å². The van der Waals surface area contributed by atoms with E-state index in [0.29, 0.717) is 6.61 Å². The zero-order valence-corrected chi connectivity index (χ0v) is 14.0. The van der Waals surface area contributed by atoms with Crippen molar-refractivity contribution in [2.45, 2.75) is 6.61 Å². The van der Waals surface area contributed by atoms with Gasteiger partial charge in [0.05, 0.1) is 11.1 Å². The van der Waals surface area contributed by atoms with Crippen molar-refractivity contribution in [2.75, 3.05) is 0 Å². The summed E-state index contributed by atoms with van der Waals surface area (Å²) in [5.74, 6) is -0.131. The van der Waals surface area contributed by atoms with Crippen LogP contribution >= 0.6 is 0 Å². The molecule has 1 heterocycles. The van der Waals surface area contributed by atoms with E-state index in [1.165, 1.54) is 0 Å². The van der Waals surface area contributed by atoms with Crippen LogP contribution in [0.5, 0.6) is 5.75 Å². The van der Waals surface area contributed by atoms with Crippen molar-refractivity contribution in [3.63, 3.8) is 0 Å². The summed E-state index contributed by atoms with van der Waals surface area (Å²) < 4.78 is 7.94. The van der Waals surface area contributed by atoms with Gasteiger partial charge < -0.3 is 14.4 Å². The summed E-state index contributed by atoms with van der Waals surface area (Å²) in [6.07, 6.45) is 1.97. The van der Waals surface area contributed by atoms with Crippen molar-refractivity contribution in [3.8, 4) is 11.4 Å². The van der Waals surface area contributed by atoms with E-state index < -0.39 is 5.97 Å². The lowest BCUT2D eigenvalue weighted by Gasteiger charge is -2.09. The molecule has 0 saturated carbocycles. The van der Waals surface area contributed by atoms with Gasteiger partial charge in [0, 0.05) is 23.3 Å². The molecular weight excluding hydrogens is 326 g/mol. The molecule has 0 fully saturated rings. The Morgan fingerprint density at radius 1 is 0.923 bits per heavy atom. The number of nitrogens with zero attached hydrogens (tertiary/aromatic N) is 1. The van der Waals surface area contributed by atoms with Crippen molar-refractivity contribution in [3.05, 3.63) is 96.2 Å². The van der Waals surface area contributed by atoms with Gasteiger partial charge in [-0.25, -0.2) is 4.79 Å². The van der Waals surface area contributed by atoms with Gasteiger partial charge in [-0.1, -0.05) is 30.3 Å². The number of carboxylic acids is 1. The Kier molecular flexibility index (Phi) is 4.15. The maximum Gasteiger partial charge on any atom is 0.335 e. The van der Waals surface area contributed by atoms with E-state index in [0.717, 1.165) is 27.9 Å². The molecule has 4 nitrogen and oxygen atoms in total. The van der Waals surface area contributed by atoms with Crippen LogP contribution in [0.4, 0.5) is 0 Å². The van der Waals surface area contributed by atoms with Crippen LogP contribution in [-0.2, 0) is 6.61 Å². The third-order valence-electron chi connectivity index (χ3n) is 4.31. The number of carboxylic acid groups (broad SMARTS) is 1. The fourth-order valence-electron chi connectivity index (χ4n) is 2.93. The molecule has 0 amide bonds. The quantitative estimate of drug-likeness (QED) is 0.560. The number of rotatable bonds is 5. The highest BCUT2D eigenvalue weighted by atomic mass is 16.5. The molecule has 4 aromatic rings. The smallest absolute Gasteiger partial charge is 0.335 e. The van der Waals surface area contributed by atoms with E-state index >= 15 is 0 Å². The standard InChI is InChI=1S/C22H17NO3/c24-22(25)18-6-9-19(10-7-18)23-13-12-17-8-11-20(14-21(17)23)26-15-16-4-2-1-3-5-16/h1-14H,15H2,(H,24,25). The maximum absolute atomic E-state index is 11.0. The molecule has 1 aromatic heterocycles. The fourth-order valence-corrected chi connectivity index (χ4v) is 2.93. The molecule has 0 radical (unpaired) electrons. The number of aromatic carboxylic acids is 1. The van der Waals surface area contributed by atoms with Crippen LogP contribution in [0.15, 0.2) is 85.1 Å². The number of ether oxygens (including phenoxy) is 1. The summed E-state index contributed by atoms with van der Waals surface area (Å²) in [4.78, 5) is 11.0. The average molecular weight is 343 g/mol. The van der Waals surface area contributed by atoms with Gasteiger partial charge in [-0.2, -0.15) is 0 Å². The van der Waals surface area contributed by atoms with Crippen LogP contribution in [0.3, 0.4) is 0 Å². The first kappa shape index (κ1) is 16.0. The van der Waals surface area contributed by atoms with Gasteiger partial charge in [0.1, 0.15) is 12.4 Å². The third kappa shape index (κ3) is 3.17. The van der Waals surface area contributed by atoms with Gasteiger partial charge in [0.15, 0.2) is 0 Å². The zero-order valence-electron chi connectivity index (χ0n) is 14.0. The molecule has 0 spiro atoms. The van der Waals surface area contributed by atoms with Gasteiger partial charge in [-0.3, -0.25) is 0 Å². The lowest BCUT2D eigenvalue weighted by Crippen LogP contribution is -1.98. The van der Waals surface area contributed by atoms with E-state index in [9.17, 15) is 4.79 Å². The first-order valence-corrected chi connectivity index (χ1v) is 8.32. The zero-order chi connectivity index (χ0) is 17.9. The van der Waals surface area contributed by atoms with Crippen LogP contribution < -0.4 is 4.74 Å². The fraction of sp³-hybridized carbons (Fsp3) is 0.0455. The first-order valence-electron chi connectivity index (χ1n) is 8.32. The minimum absolute atomic E-state index is 0.275. The third-order valence-corrected chi connectivity index (χ3v) is 4.31. The second kappa shape index (κ2) is 6.76. The van der Waals surface area contributed by atoms with Crippen LogP contribution in [-0.4, -0.2) is 15.6 Å². The minimum atomic E-state index is -0.925. The highest BCUT2D eigenvalue weighted by Gasteiger charge is 2.07. The second-order valence-corrected chi connectivity index (χ2v) is 6.03. The van der Waals surface area contributed by atoms with Gasteiger partial charge >= 0.3 is 5.97 Å². The van der Waals surface area contributed by atoms with E-state index in [1.807, 2.05) is 65.4 Å². The Balaban J connectivity index is 1.63. The predicted molar refractivity (Wildman–Crippen MR) is 101 cm³/mol. The average Bonchev–Trinajstić information content (AvgIpc) is 3.10. The number of carbonyl (C=O) groups is 1. The normalized spacial score (nSPS) is 10.8. The topological polar surface area (TPSA) is 51.5 Å². The van der Waals surface area contributed by atoms with Crippen LogP contribution in [0.2, 0.25) is 0 Å². The summed E-state index contributed by atoms with van der Waals surface area (Å²) >= 11 is 0. The van der Waals surface area contributed by atoms with Gasteiger partial charge in [-0.05, 0) is 48.0 Å². The maximum atomic E-state index is 11.0. The van der Waals surface area contributed by atoms with E-state index in [1.54, 1.807) is 24.3 Å². The molecular formula is C22H17NO3. The second-order valence-electron chi connectivity index (χ2n) is 6.03. The number of hydrogen-bond acceptors (Lipinski definition) is 2. The number of aromatic nitrogens is 1. The van der Waals surface area contributed by atoms with Gasteiger partial charge in [0.2, 0.25) is 0 Å². The lowest BCUT2D eigenvalue weighted by molar-refractivity contribution is 0.0697. The van der Waals surface area contributed by atoms with Crippen LogP contribution in [0, 0.1) is 0 Å². The molecule has 26 heavy (non-hydrogen) atoms. The highest BCUT2D eigenvalue weighted by Crippen LogP contribution is 2.25. The summed E-state index contributed by atoms with van der Waals surface area (Å²) in [7, 11) is 0. The number of hydrogen-bond donors (Lipinski definition) is 1. The number of fused-ring (bicyclic) bond motifs is 1. The Labute approximate surface area is 150 Å². The lowest BCUT2D eigenvalue weighted by atomic mass is 10.2. The van der Waals surface area contributed by atoms with Crippen molar-refractivity contribution in [2.24, 2.45) is 0 Å². The molecule has 0 aliphatic carbocycles.